The molecule has 1 aromatic carbocycles. The van der Waals surface area contributed by atoms with Gasteiger partial charge in [-0.15, -0.1) is 0 Å². The Kier molecular flexibility index (Phi) is 5.66. The van der Waals surface area contributed by atoms with Crippen LogP contribution in [0.3, 0.4) is 0 Å². The van der Waals surface area contributed by atoms with E-state index in [9.17, 15) is 0 Å². The summed E-state index contributed by atoms with van der Waals surface area (Å²) in [5.74, 6) is 0.440. The summed E-state index contributed by atoms with van der Waals surface area (Å²) in [5.41, 5.74) is 0. The maximum absolute atomic E-state index is 5.92. The highest BCUT2D eigenvalue weighted by atomic mass is 35.5. The van der Waals surface area contributed by atoms with Gasteiger partial charge >= 0.3 is 0 Å². The number of halogens is 3. The Morgan fingerprint density at radius 1 is 1.00 bits per heavy atom. The number of ether oxygens (including phenoxy) is 3. The zero-order valence-corrected chi connectivity index (χ0v) is 11.1. The number of rotatable bonds is 5. The van der Waals surface area contributed by atoms with Gasteiger partial charge in [0.1, 0.15) is 12.4 Å². The molecule has 3 nitrogen and oxygen atoms in total. The van der Waals surface area contributed by atoms with Crippen molar-refractivity contribution in [2.75, 3.05) is 20.8 Å². The second kappa shape index (κ2) is 6.52. The van der Waals surface area contributed by atoms with Gasteiger partial charge in [-0.25, -0.2) is 0 Å². The first kappa shape index (κ1) is 13.9. The molecule has 1 rings (SSSR count). The summed E-state index contributed by atoms with van der Waals surface area (Å²) < 4.78 is 15.3. The van der Waals surface area contributed by atoms with E-state index < -0.39 is 6.29 Å². The fraction of sp³-hybridized carbons (Fsp3) is 0.400. The fourth-order valence-corrected chi connectivity index (χ4v) is 1.60. The quantitative estimate of drug-likeness (QED) is 0.610. The lowest BCUT2D eigenvalue weighted by Crippen LogP contribution is -2.22. The van der Waals surface area contributed by atoms with E-state index in [1.165, 1.54) is 20.3 Å². The minimum Gasteiger partial charge on any atom is -0.487 e. The Balaban J connectivity index is 2.70. The number of hydrogen-bond donors (Lipinski definition) is 0. The third-order valence-corrected chi connectivity index (χ3v) is 2.89. The van der Waals surface area contributed by atoms with Crippen molar-refractivity contribution >= 4 is 34.8 Å². The second-order valence-electron chi connectivity index (χ2n) is 2.91. The number of benzene rings is 1. The molecule has 0 heterocycles. The summed E-state index contributed by atoms with van der Waals surface area (Å²) in [6.07, 6.45) is -0.453. The number of hydrogen-bond acceptors (Lipinski definition) is 3. The highest BCUT2D eigenvalue weighted by molar-refractivity contribution is 6.43. The van der Waals surface area contributed by atoms with Gasteiger partial charge in [0.05, 0.1) is 15.1 Å². The molecule has 0 N–H and O–H groups in total. The molecule has 0 aliphatic rings. The normalized spacial score (nSPS) is 10.9. The van der Waals surface area contributed by atoms with Crippen molar-refractivity contribution in [3.05, 3.63) is 27.2 Å². The van der Waals surface area contributed by atoms with Crippen LogP contribution < -0.4 is 4.74 Å². The standard InChI is InChI=1S/C10H11Cl3O3/c1-14-10(15-2)5-16-9-4-7(12)6(11)3-8(9)13/h3-4,10H,5H2,1-2H3. The lowest BCUT2D eigenvalue weighted by molar-refractivity contribution is -0.121. The predicted octanol–water partition coefficient (Wildman–Crippen LogP) is 3.64. The minimum absolute atomic E-state index is 0.213. The zero-order chi connectivity index (χ0) is 12.1. The van der Waals surface area contributed by atoms with Crippen LogP contribution in [0.2, 0.25) is 15.1 Å². The van der Waals surface area contributed by atoms with Crippen molar-refractivity contribution in [3.8, 4) is 5.75 Å². The molecule has 0 amide bonds. The van der Waals surface area contributed by atoms with Gasteiger partial charge in [0.2, 0.25) is 0 Å². The van der Waals surface area contributed by atoms with Crippen LogP contribution in [0, 0.1) is 0 Å². The summed E-state index contributed by atoms with van der Waals surface area (Å²) in [6, 6.07) is 3.07. The van der Waals surface area contributed by atoms with E-state index in [0.29, 0.717) is 20.8 Å². The van der Waals surface area contributed by atoms with Crippen LogP contribution >= 0.6 is 34.8 Å². The van der Waals surface area contributed by atoms with Crippen LogP contribution in [0.4, 0.5) is 0 Å². The fourth-order valence-electron chi connectivity index (χ4n) is 1.01. The molecule has 16 heavy (non-hydrogen) atoms. The van der Waals surface area contributed by atoms with Crippen molar-refractivity contribution in [3.63, 3.8) is 0 Å². The van der Waals surface area contributed by atoms with Crippen LogP contribution in [0.1, 0.15) is 0 Å². The lowest BCUT2D eigenvalue weighted by Gasteiger charge is -2.15. The summed E-state index contributed by atoms with van der Waals surface area (Å²) in [7, 11) is 3.04. The van der Waals surface area contributed by atoms with Crippen molar-refractivity contribution in [2.45, 2.75) is 6.29 Å². The van der Waals surface area contributed by atoms with E-state index in [2.05, 4.69) is 0 Å². The molecule has 0 fully saturated rings. The van der Waals surface area contributed by atoms with Crippen molar-refractivity contribution in [1.29, 1.82) is 0 Å². The van der Waals surface area contributed by atoms with Crippen LogP contribution in [0.5, 0.6) is 5.75 Å². The first-order valence-electron chi connectivity index (χ1n) is 4.41. The van der Waals surface area contributed by atoms with E-state index >= 15 is 0 Å². The highest BCUT2D eigenvalue weighted by Crippen LogP contribution is 2.33. The average Bonchev–Trinajstić information content (AvgIpc) is 2.26. The average molecular weight is 286 g/mol. The number of methoxy groups -OCH3 is 2. The molecule has 0 aromatic heterocycles. The molecule has 1 aromatic rings. The third kappa shape index (κ3) is 3.68. The molecule has 6 heteroatoms. The first-order valence-corrected chi connectivity index (χ1v) is 5.54. The molecule has 0 unspecified atom stereocenters. The van der Waals surface area contributed by atoms with Crippen molar-refractivity contribution < 1.29 is 14.2 Å². The second-order valence-corrected chi connectivity index (χ2v) is 4.13. The maximum atomic E-state index is 5.92. The highest BCUT2D eigenvalue weighted by Gasteiger charge is 2.10. The zero-order valence-electron chi connectivity index (χ0n) is 8.80. The maximum Gasteiger partial charge on any atom is 0.191 e. The first-order chi connectivity index (χ1) is 7.58. The van der Waals surface area contributed by atoms with Gasteiger partial charge in [-0.2, -0.15) is 0 Å². The van der Waals surface area contributed by atoms with Gasteiger partial charge in [-0.3, -0.25) is 0 Å². The van der Waals surface area contributed by atoms with E-state index in [4.69, 9.17) is 49.0 Å². The van der Waals surface area contributed by atoms with Gasteiger partial charge in [0, 0.05) is 20.3 Å². The van der Waals surface area contributed by atoms with E-state index in [-0.39, 0.29) is 6.61 Å². The molecule has 0 bridgehead atoms. The van der Waals surface area contributed by atoms with Crippen LogP contribution in [0.15, 0.2) is 12.1 Å². The summed E-state index contributed by atoms with van der Waals surface area (Å²) >= 11 is 17.5. The Morgan fingerprint density at radius 3 is 2.12 bits per heavy atom. The Bertz CT molecular complexity index is 353. The predicted molar refractivity (Wildman–Crippen MR) is 64.8 cm³/mol. The molecule has 0 atom stereocenters. The molecule has 0 aliphatic carbocycles. The van der Waals surface area contributed by atoms with Gasteiger partial charge in [-0.05, 0) is 6.07 Å². The van der Waals surface area contributed by atoms with Gasteiger partial charge < -0.3 is 14.2 Å². The summed E-state index contributed by atoms with van der Waals surface area (Å²) in [6.45, 7) is 0.213. The third-order valence-electron chi connectivity index (χ3n) is 1.88. The van der Waals surface area contributed by atoms with Gasteiger partial charge in [0.15, 0.2) is 6.29 Å². The van der Waals surface area contributed by atoms with Crippen LogP contribution in [0.25, 0.3) is 0 Å². The van der Waals surface area contributed by atoms with E-state index in [0.717, 1.165) is 0 Å². The van der Waals surface area contributed by atoms with Crippen LogP contribution in [-0.2, 0) is 9.47 Å². The molecule has 0 radical (unpaired) electrons. The Morgan fingerprint density at radius 2 is 1.56 bits per heavy atom. The molecule has 0 aliphatic heterocycles. The lowest BCUT2D eigenvalue weighted by atomic mass is 10.3. The molecule has 90 valence electrons. The minimum atomic E-state index is -0.453. The smallest absolute Gasteiger partial charge is 0.191 e. The van der Waals surface area contributed by atoms with Crippen LogP contribution in [-0.4, -0.2) is 27.1 Å². The molecule has 0 saturated carbocycles. The van der Waals surface area contributed by atoms with Crippen molar-refractivity contribution in [1.82, 2.24) is 0 Å². The SMILES string of the molecule is COC(COc1cc(Cl)c(Cl)cc1Cl)OC. The molecule has 0 saturated heterocycles. The topological polar surface area (TPSA) is 27.7 Å². The van der Waals surface area contributed by atoms with Gasteiger partial charge in [-0.1, -0.05) is 34.8 Å². The molecular weight excluding hydrogens is 274 g/mol. The summed E-state index contributed by atoms with van der Waals surface area (Å²) in [4.78, 5) is 0. The Labute approximate surface area is 109 Å². The van der Waals surface area contributed by atoms with E-state index in [1.54, 1.807) is 6.07 Å². The Hall–Kier alpha value is -0.190. The summed E-state index contributed by atoms with van der Waals surface area (Å²) in [5, 5.41) is 1.15. The molecular formula is C10H11Cl3O3. The molecule has 0 spiro atoms. The monoisotopic (exact) mass is 284 g/mol. The van der Waals surface area contributed by atoms with Gasteiger partial charge in [0.25, 0.3) is 0 Å². The largest absolute Gasteiger partial charge is 0.487 e. The van der Waals surface area contributed by atoms with E-state index in [1.807, 2.05) is 0 Å². The van der Waals surface area contributed by atoms with Crippen molar-refractivity contribution in [2.24, 2.45) is 0 Å².